The molecule has 1 atom stereocenters. The highest BCUT2D eigenvalue weighted by molar-refractivity contribution is 5.64. The summed E-state index contributed by atoms with van der Waals surface area (Å²) in [6.07, 6.45) is 2.56. The zero-order valence-corrected chi connectivity index (χ0v) is 18.0. The molecule has 0 radical (unpaired) electrons. The van der Waals surface area contributed by atoms with Gasteiger partial charge in [-0.2, -0.15) is 4.98 Å². The second-order valence-electron chi connectivity index (χ2n) is 8.36. The van der Waals surface area contributed by atoms with Crippen LogP contribution in [-0.4, -0.2) is 65.1 Å². The van der Waals surface area contributed by atoms with E-state index in [-0.39, 0.29) is 7.11 Å². The minimum Gasteiger partial charge on any atom is -0.380 e. The minimum absolute atomic E-state index is 0. The topological polar surface area (TPSA) is 58.5 Å². The summed E-state index contributed by atoms with van der Waals surface area (Å²) in [5.74, 6) is -0.958. The molecule has 1 N–H and O–H groups in total. The van der Waals surface area contributed by atoms with Crippen LogP contribution in [0.4, 0.5) is 26.1 Å². The van der Waals surface area contributed by atoms with E-state index in [1.165, 1.54) is 23.1 Å². The van der Waals surface area contributed by atoms with Crippen LogP contribution in [0.2, 0.25) is 0 Å². The molecule has 9 heteroatoms. The van der Waals surface area contributed by atoms with Crippen LogP contribution in [0.1, 0.15) is 13.4 Å². The van der Waals surface area contributed by atoms with Gasteiger partial charge in [-0.3, -0.25) is 4.90 Å². The van der Waals surface area contributed by atoms with Gasteiger partial charge < -0.3 is 15.0 Å². The maximum atomic E-state index is 13.5. The van der Waals surface area contributed by atoms with Crippen molar-refractivity contribution < 1.29 is 14.9 Å². The lowest BCUT2D eigenvalue weighted by molar-refractivity contribution is 0.139. The summed E-state index contributed by atoms with van der Waals surface area (Å²) in [4.78, 5) is 9.16. The number of ether oxygens (including phenoxy) is 1. The Morgan fingerprint density at radius 1 is 1.00 bits per heavy atom. The molecule has 32 heavy (non-hydrogen) atoms. The van der Waals surface area contributed by atoms with Gasteiger partial charge in [-0.1, -0.05) is 0 Å². The average Bonchev–Trinajstić information content (AvgIpc) is 3.45. The van der Waals surface area contributed by atoms with Crippen LogP contribution in [0.5, 0.6) is 0 Å². The molecule has 0 bridgehead atoms. The van der Waals surface area contributed by atoms with Crippen molar-refractivity contribution in [3.63, 3.8) is 0 Å². The summed E-state index contributed by atoms with van der Waals surface area (Å²) in [6.45, 7) is 7.77. The molecule has 2 aliphatic heterocycles. The fourth-order valence-electron chi connectivity index (χ4n) is 4.42. The smallest absolute Gasteiger partial charge is 0.246 e. The number of hydrogen-bond acceptors (Lipinski definition) is 6. The van der Waals surface area contributed by atoms with Crippen LogP contribution < -0.4 is 10.2 Å². The quantitative estimate of drug-likeness (QED) is 0.650. The number of rotatable bonds is 5. The summed E-state index contributed by atoms with van der Waals surface area (Å²) in [7, 11) is 0. The van der Waals surface area contributed by atoms with Crippen molar-refractivity contribution in [3.8, 4) is 5.69 Å². The molecule has 2 fully saturated rings. The number of halogens is 2. The van der Waals surface area contributed by atoms with E-state index in [0.29, 0.717) is 12.0 Å². The van der Waals surface area contributed by atoms with Gasteiger partial charge in [0, 0.05) is 57.7 Å². The van der Waals surface area contributed by atoms with Crippen molar-refractivity contribution in [1.82, 2.24) is 19.7 Å². The number of anilines is 3. The zero-order valence-electron chi connectivity index (χ0n) is 18.0. The summed E-state index contributed by atoms with van der Waals surface area (Å²) in [6, 6.07) is 10.1. The fourth-order valence-corrected chi connectivity index (χ4v) is 4.42. The maximum absolute atomic E-state index is 13.5. The fraction of sp³-hybridized carbons (Fsp3) is 0.391. The van der Waals surface area contributed by atoms with E-state index in [2.05, 4.69) is 44.3 Å². The molecule has 1 aromatic heterocycles. The lowest BCUT2D eigenvalue weighted by Gasteiger charge is -2.38. The molecule has 5 rings (SSSR count). The van der Waals surface area contributed by atoms with Crippen LogP contribution in [0.3, 0.4) is 0 Å². The van der Waals surface area contributed by atoms with E-state index < -0.39 is 11.6 Å². The number of nitrogens with zero attached hydrogens (tertiary/aromatic N) is 5. The standard InChI is InChI=1S/C23H26F2N6O.H2/c1-16-8-19(27-23-26-15-31(28-23)22-11-17(24)10-18(25)12-22)13-21(9-16)30-5-3-29(4-6-30)20-2-7-32-14-20;/h8-13,15,20H,2-7,14H2,1H3,(H,27,28);1H/t20-;/m0./s1. The van der Waals surface area contributed by atoms with Gasteiger partial charge in [-0.05, 0) is 49.2 Å². The number of benzene rings is 2. The first-order valence-electron chi connectivity index (χ1n) is 10.9. The number of nitrogens with one attached hydrogen (secondary N) is 1. The van der Waals surface area contributed by atoms with Crippen LogP contribution in [-0.2, 0) is 4.74 Å². The second kappa shape index (κ2) is 8.84. The molecular formula is C23H28F2N6O. The molecule has 2 saturated heterocycles. The third kappa shape index (κ3) is 4.58. The van der Waals surface area contributed by atoms with Gasteiger partial charge in [0.05, 0.1) is 12.3 Å². The van der Waals surface area contributed by atoms with Crippen LogP contribution in [0.25, 0.3) is 5.69 Å². The normalized spacial score (nSPS) is 19.5. The van der Waals surface area contributed by atoms with E-state index >= 15 is 0 Å². The Bertz CT molecular complexity index is 1080. The van der Waals surface area contributed by atoms with Gasteiger partial charge in [0.2, 0.25) is 5.95 Å². The Balaban J connectivity index is 0.00000259. The Kier molecular flexibility index (Phi) is 5.75. The molecule has 0 amide bonds. The van der Waals surface area contributed by atoms with Crippen molar-refractivity contribution in [3.05, 3.63) is 59.9 Å². The first kappa shape index (κ1) is 20.8. The number of piperazine rings is 1. The first-order valence-corrected chi connectivity index (χ1v) is 10.9. The van der Waals surface area contributed by atoms with Gasteiger partial charge in [-0.15, -0.1) is 5.10 Å². The molecule has 3 aromatic rings. The van der Waals surface area contributed by atoms with Crippen molar-refractivity contribution in [2.45, 2.75) is 19.4 Å². The van der Waals surface area contributed by atoms with Gasteiger partial charge in [-0.25, -0.2) is 13.5 Å². The lowest BCUT2D eigenvalue weighted by atomic mass is 10.1. The van der Waals surface area contributed by atoms with Crippen LogP contribution >= 0.6 is 0 Å². The number of aryl methyl sites for hydroxylation is 1. The van der Waals surface area contributed by atoms with Crippen LogP contribution in [0.15, 0.2) is 42.7 Å². The first-order chi connectivity index (χ1) is 15.5. The van der Waals surface area contributed by atoms with Gasteiger partial charge >= 0.3 is 0 Å². The highest BCUT2D eigenvalue weighted by Crippen LogP contribution is 2.26. The van der Waals surface area contributed by atoms with Gasteiger partial charge in [0.25, 0.3) is 0 Å². The predicted molar refractivity (Wildman–Crippen MR) is 121 cm³/mol. The van der Waals surface area contributed by atoms with E-state index in [4.69, 9.17) is 4.74 Å². The zero-order chi connectivity index (χ0) is 22.1. The van der Waals surface area contributed by atoms with E-state index in [0.717, 1.165) is 68.8 Å². The summed E-state index contributed by atoms with van der Waals surface area (Å²) < 4.78 is 33.9. The number of hydrogen-bond donors (Lipinski definition) is 1. The SMILES string of the molecule is Cc1cc(Nc2ncn(-c3cc(F)cc(F)c3)n2)cc(N2CCN([C@H]3CCOC3)CC2)c1.[HH]. The molecule has 3 heterocycles. The molecule has 0 unspecified atom stereocenters. The third-order valence-electron chi connectivity index (χ3n) is 6.02. The van der Waals surface area contributed by atoms with Crippen molar-refractivity contribution in [2.75, 3.05) is 49.6 Å². The summed E-state index contributed by atoms with van der Waals surface area (Å²) >= 11 is 0. The molecule has 0 saturated carbocycles. The third-order valence-corrected chi connectivity index (χ3v) is 6.02. The molecule has 0 aliphatic carbocycles. The van der Waals surface area contributed by atoms with E-state index in [1.807, 2.05) is 6.07 Å². The lowest BCUT2D eigenvalue weighted by Crippen LogP contribution is -2.50. The molecule has 2 aliphatic rings. The Labute approximate surface area is 187 Å². The van der Waals surface area contributed by atoms with Crippen molar-refractivity contribution in [1.29, 1.82) is 0 Å². The predicted octanol–water partition coefficient (Wildman–Crippen LogP) is 3.75. The Morgan fingerprint density at radius 2 is 1.78 bits per heavy atom. The van der Waals surface area contributed by atoms with Crippen molar-refractivity contribution >= 4 is 17.3 Å². The summed E-state index contributed by atoms with van der Waals surface area (Å²) in [5.41, 5.74) is 3.43. The van der Waals surface area contributed by atoms with Crippen molar-refractivity contribution in [2.24, 2.45) is 0 Å². The second-order valence-corrected chi connectivity index (χ2v) is 8.36. The monoisotopic (exact) mass is 442 g/mol. The highest BCUT2D eigenvalue weighted by atomic mass is 19.1. The average molecular weight is 443 g/mol. The maximum Gasteiger partial charge on any atom is 0.246 e. The Morgan fingerprint density at radius 3 is 2.50 bits per heavy atom. The molecule has 170 valence electrons. The molecule has 2 aromatic carbocycles. The molecule has 0 spiro atoms. The molecule has 7 nitrogen and oxygen atoms in total. The van der Waals surface area contributed by atoms with Gasteiger partial charge in [0.1, 0.15) is 18.0 Å². The van der Waals surface area contributed by atoms with Crippen LogP contribution in [0, 0.1) is 18.6 Å². The van der Waals surface area contributed by atoms with Gasteiger partial charge in [0.15, 0.2) is 0 Å². The summed E-state index contributed by atoms with van der Waals surface area (Å²) in [5, 5.41) is 7.53. The van der Waals surface area contributed by atoms with E-state index in [1.54, 1.807) is 0 Å². The number of aromatic nitrogens is 3. The largest absolute Gasteiger partial charge is 0.380 e. The Hall–Kier alpha value is -3.04. The highest BCUT2D eigenvalue weighted by Gasteiger charge is 2.27. The minimum atomic E-state index is -0.658. The van der Waals surface area contributed by atoms with E-state index in [9.17, 15) is 8.78 Å². The molecular weight excluding hydrogens is 414 g/mol.